The van der Waals surface area contributed by atoms with Crippen LogP contribution in [-0.2, 0) is 0 Å². The van der Waals surface area contributed by atoms with Crippen LogP contribution in [0.25, 0.3) is 0 Å². The molecule has 1 fully saturated rings. The van der Waals surface area contributed by atoms with Crippen molar-refractivity contribution in [2.45, 2.75) is 13.3 Å². The van der Waals surface area contributed by atoms with Crippen LogP contribution in [0.2, 0.25) is 0 Å². The zero-order valence-corrected chi connectivity index (χ0v) is 7.80. The van der Waals surface area contributed by atoms with Gasteiger partial charge in [-0.15, -0.1) is 12.3 Å². The smallest absolute Gasteiger partial charge is 0.0125 e. The summed E-state index contributed by atoms with van der Waals surface area (Å²) in [4.78, 5) is 0. The summed E-state index contributed by atoms with van der Waals surface area (Å²) in [5, 5.41) is 0. The van der Waals surface area contributed by atoms with Gasteiger partial charge in [0.25, 0.3) is 0 Å². The normalized spacial score (nSPS) is 33.2. The second kappa shape index (κ2) is 4.20. The van der Waals surface area contributed by atoms with Gasteiger partial charge in [0.1, 0.15) is 0 Å². The Labute approximate surface area is 70.9 Å². The van der Waals surface area contributed by atoms with Crippen molar-refractivity contribution in [3.63, 3.8) is 0 Å². The highest BCUT2D eigenvalue weighted by atomic mass is 33.1. The Bertz CT molecular complexity index is 137. The number of hydrogen-bond donors (Lipinski definition) is 0. The minimum absolute atomic E-state index is 0.774. The van der Waals surface area contributed by atoms with E-state index in [1.807, 2.05) is 21.6 Å². The van der Waals surface area contributed by atoms with Crippen LogP contribution in [0.4, 0.5) is 0 Å². The summed E-state index contributed by atoms with van der Waals surface area (Å²) in [6.45, 7) is 2.30. The predicted molar refractivity (Wildman–Crippen MR) is 51.0 cm³/mol. The van der Waals surface area contributed by atoms with Gasteiger partial charge in [0.2, 0.25) is 0 Å². The van der Waals surface area contributed by atoms with E-state index in [2.05, 4.69) is 12.8 Å². The topological polar surface area (TPSA) is 0 Å². The number of hydrogen-bond acceptors (Lipinski definition) is 2. The Morgan fingerprint density at radius 3 is 2.80 bits per heavy atom. The van der Waals surface area contributed by atoms with E-state index in [-0.39, 0.29) is 0 Å². The highest BCUT2D eigenvalue weighted by Crippen LogP contribution is 2.37. The number of terminal acetylenes is 1. The molecule has 10 heavy (non-hydrogen) atoms. The lowest BCUT2D eigenvalue weighted by Gasteiger charge is -2.25. The van der Waals surface area contributed by atoms with Gasteiger partial charge < -0.3 is 0 Å². The Morgan fingerprint density at radius 2 is 2.20 bits per heavy atom. The molecule has 0 aromatic rings. The summed E-state index contributed by atoms with van der Waals surface area (Å²) < 4.78 is 0. The van der Waals surface area contributed by atoms with Crippen LogP contribution in [-0.4, -0.2) is 11.5 Å². The van der Waals surface area contributed by atoms with Crippen LogP contribution in [0, 0.1) is 24.2 Å². The van der Waals surface area contributed by atoms with Gasteiger partial charge in [-0.3, -0.25) is 0 Å². The molecular weight excluding hydrogens is 160 g/mol. The molecule has 0 aromatic carbocycles. The lowest BCUT2D eigenvalue weighted by molar-refractivity contribution is 0.442. The molecule has 1 heterocycles. The van der Waals surface area contributed by atoms with Gasteiger partial charge in [-0.1, -0.05) is 28.5 Å². The third-order valence-corrected chi connectivity index (χ3v) is 4.59. The molecule has 56 valence electrons. The van der Waals surface area contributed by atoms with E-state index in [0.717, 1.165) is 18.3 Å². The monoisotopic (exact) mass is 172 g/mol. The van der Waals surface area contributed by atoms with Gasteiger partial charge >= 0.3 is 0 Å². The van der Waals surface area contributed by atoms with Crippen molar-refractivity contribution < 1.29 is 0 Å². The summed E-state index contributed by atoms with van der Waals surface area (Å²) in [6.07, 6.45) is 6.22. The standard InChI is InChI=1S/C8H12S2/c1-3-4-8-6-10-9-5-7(8)2/h1,7-8H,4-6H2,2H3. The summed E-state index contributed by atoms with van der Waals surface area (Å²) in [5.74, 6) is 6.86. The average Bonchev–Trinajstić information content (AvgIpc) is 1.94. The van der Waals surface area contributed by atoms with E-state index in [1.165, 1.54) is 11.5 Å². The van der Waals surface area contributed by atoms with Crippen molar-refractivity contribution in [1.82, 2.24) is 0 Å². The largest absolute Gasteiger partial charge is 0.120 e. The third-order valence-electron chi connectivity index (χ3n) is 1.88. The predicted octanol–water partition coefficient (Wildman–Crippen LogP) is 2.66. The van der Waals surface area contributed by atoms with Crippen molar-refractivity contribution in [2.75, 3.05) is 11.5 Å². The van der Waals surface area contributed by atoms with Crippen molar-refractivity contribution in [3.8, 4) is 12.3 Å². The summed E-state index contributed by atoms with van der Waals surface area (Å²) in [7, 11) is 3.95. The molecule has 2 heteroatoms. The molecule has 1 aliphatic rings. The lowest BCUT2D eigenvalue weighted by atomic mass is 9.95. The van der Waals surface area contributed by atoms with Gasteiger partial charge in [0, 0.05) is 17.9 Å². The van der Waals surface area contributed by atoms with Crippen LogP contribution in [0.1, 0.15) is 13.3 Å². The molecule has 0 bridgehead atoms. The first-order valence-corrected chi connectivity index (χ1v) is 6.01. The van der Waals surface area contributed by atoms with Gasteiger partial charge in [-0.05, 0) is 11.8 Å². The maximum atomic E-state index is 5.26. The highest BCUT2D eigenvalue weighted by Gasteiger charge is 2.20. The SMILES string of the molecule is C#CCC1CSSCC1C. The molecule has 1 saturated heterocycles. The average molecular weight is 172 g/mol. The fourth-order valence-corrected chi connectivity index (χ4v) is 4.05. The van der Waals surface area contributed by atoms with Gasteiger partial charge in [-0.2, -0.15) is 0 Å². The summed E-state index contributed by atoms with van der Waals surface area (Å²) >= 11 is 0. The zero-order chi connectivity index (χ0) is 7.40. The minimum atomic E-state index is 0.774. The first-order valence-electron chi connectivity index (χ1n) is 3.52. The molecule has 0 aromatic heterocycles. The Morgan fingerprint density at radius 1 is 1.50 bits per heavy atom. The van der Waals surface area contributed by atoms with Gasteiger partial charge in [-0.25, -0.2) is 0 Å². The van der Waals surface area contributed by atoms with Crippen LogP contribution >= 0.6 is 21.6 Å². The van der Waals surface area contributed by atoms with Crippen LogP contribution < -0.4 is 0 Å². The molecular formula is C8H12S2. The van der Waals surface area contributed by atoms with E-state index in [0.29, 0.717) is 0 Å². The fourth-order valence-electron chi connectivity index (χ4n) is 1.00. The van der Waals surface area contributed by atoms with E-state index in [4.69, 9.17) is 6.42 Å². The molecule has 1 rings (SSSR count). The second-order valence-corrected chi connectivity index (χ2v) is 5.27. The van der Waals surface area contributed by atoms with Crippen molar-refractivity contribution in [1.29, 1.82) is 0 Å². The maximum absolute atomic E-state index is 5.26. The van der Waals surface area contributed by atoms with Crippen LogP contribution in [0.15, 0.2) is 0 Å². The van der Waals surface area contributed by atoms with E-state index in [1.54, 1.807) is 0 Å². The Hall–Kier alpha value is 0.260. The van der Waals surface area contributed by atoms with Crippen LogP contribution in [0.5, 0.6) is 0 Å². The molecule has 2 unspecified atom stereocenters. The third kappa shape index (κ3) is 2.14. The molecule has 0 nitrogen and oxygen atoms in total. The second-order valence-electron chi connectivity index (χ2n) is 2.71. The summed E-state index contributed by atoms with van der Waals surface area (Å²) in [5.41, 5.74) is 0. The Balaban J connectivity index is 2.34. The van der Waals surface area contributed by atoms with E-state index >= 15 is 0 Å². The van der Waals surface area contributed by atoms with Crippen molar-refractivity contribution in [2.24, 2.45) is 11.8 Å². The van der Waals surface area contributed by atoms with E-state index < -0.39 is 0 Å². The fraction of sp³-hybridized carbons (Fsp3) is 0.750. The highest BCUT2D eigenvalue weighted by molar-refractivity contribution is 8.76. The van der Waals surface area contributed by atoms with Crippen LogP contribution in [0.3, 0.4) is 0 Å². The number of rotatable bonds is 1. The molecule has 0 saturated carbocycles. The first kappa shape index (κ1) is 8.36. The van der Waals surface area contributed by atoms with Crippen molar-refractivity contribution >= 4 is 21.6 Å². The molecule has 0 radical (unpaired) electrons. The molecule has 0 amide bonds. The molecule has 0 aliphatic carbocycles. The molecule has 2 atom stereocenters. The van der Waals surface area contributed by atoms with Gasteiger partial charge in [0.15, 0.2) is 0 Å². The van der Waals surface area contributed by atoms with E-state index in [9.17, 15) is 0 Å². The first-order chi connectivity index (χ1) is 4.84. The van der Waals surface area contributed by atoms with Crippen molar-refractivity contribution in [3.05, 3.63) is 0 Å². The molecule has 0 N–H and O–H groups in total. The maximum Gasteiger partial charge on any atom is 0.0125 e. The zero-order valence-electron chi connectivity index (χ0n) is 6.17. The quantitative estimate of drug-likeness (QED) is 0.440. The van der Waals surface area contributed by atoms with Gasteiger partial charge in [0.05, 0.1) is 0 Å². The summed E-state index contributed by atoms with van der Waals surface area (Å²) in [6, 6.07) is 0. The molecule has 0 spiro atoms. The molecule has 1 aliphatic heterocycles. The minimum Gasteiger partial charge on any atom is -0.120 e. The Kier molecular flexibility index (Phi) is 3.51. The lowest BCUT2D eigenvalue weighted by Crippen LogP contribution is -2.18.